The first-order valence-corrected chi connectivity index (χ1v) is 9.37. The second-order valence-corrected chi connectivity index (χ2v) is 7.00. The zero-order chi connectivity index (χ0) is 20.5. The Kier molecular flexibility index (Phi) is 4.84. The highest BCUT2D eigenvalue weighted by Gasteiger charge is 2.40. The van der Waals surface area contributed by atoms with Crippen LogP contribution >= 0.6 is 0 Å². The minimum absolute atomic E-state index is 0.138. The van der Waals surface area contributed by atoms with Crippen LogP contribution in [0.1, 0.15) is 33.3 Å². The van der Waals surface area contributed by atoms with Crippen molar-refractivity contribution in [2.75, 3.05) is 24.4 Å². The van der Waals surface area contributed by atoms with E-state index < -0.39 is 6.17 Å². The lowest BCUT2D eigenvalue weighted by molar-refractivity contribution is 0.0992. The third-order valence-corrected chi connectivity index (χ3v) is 5.26. The minimum atomic E-state index is -0.471. The SMILES string of the molecule is COc1ccc(OC)c(N2C(=O)c3cccnc3[C@@H]2Nc2ccc(C)c(C)c2)c1. The number of benzene rings is 2. The molecule has 1 amide bonds. The number of rotatable bonds is 5. The van der Waals surface area contributed by atoms with Crippen molar-refractivity contribution in [3.63, 3.8) is 0 Å². The van der Waals surface area contributed by atoms with Gasteiger partial charge < -0.3 is 14.8 Å². The Morgan fingerprint density at radius 3 is 2.55 bits per heavy atom. The molecule has 0 saturated heterocycles. The molecule has 2 aromatic carbocycles. The zero-order valence-electron chi connectivity index (χ0n) is 16.9. The van der Waals surface area contributed by atoms with Gasteiger partial charge in [-0.25, -0.2) is 0 Å². The van der Waals surface area contributed by atoms with E-state index in [-0.39, 0.29) is 5.91 Å². The van der Waals surface area contributed by atoms with E-state index >= 15 is 0 Å². The summed E-state index contributed by atoms with van der Waals surface area (Å²) in [7, 11) is 3.18. The third kappa shape index (κ3) is 3.27. The van der Waals surface area contributed by atoms with Gasteiger partial charge in [-0.2, -0.15) is 0 Å². The summed E-state index contributed by atoms with van der Waals surface area (Å²) in [6.07, 6.45) is 1.23. The first kappa shape index (κ1) is 18.8. The monoisotopic (exact) mass is 389 g/mol. The number of ether oxygens (including phenoxy) is 2. The molecule has 0 saturated carbocycles. The molecular weight excluding hydrogens is 366 g/mol. The van der Waals surface area contributed by atoms with Crippen molar-refractivity contribution < 1.29 is 14.3 Å². The van der Waals surface area contributed by atoms with Gasteiger partial charge in [-0.1, -0.05) is 6.07 Å². The molecule has 0 unspecified atom stereocenters. The molecule has 3 aromatic rings. The van der Waals surface area contributed by atoms with Gasteiger partial charge in [-0.05, 0) is 61.4 Å². The van der Waals surface area contributed by atoms with Crippen molar-refractivity contribution in [3.05, 3.63) is 77.1 Å². The molecule has 6 heteroatoms. The molecule has 1 aliphatic heterocycles. The van der Waals surface area contributed by atoms with E-state index in [1.54, 1.807) is 55.6 Å². The molecule has 0 fully saturated rings. The van der Waals surface area contributed by atoms with Gasteiger partial charge in [-0.15, -0.1) is 0 Å². The van der Waals surface area contributed by atoms with Crippen LogP contribution in [-0.4, -0.2) is 25.1 Å². The largest absolute Gasteiger partial charge is 0.497 e. The second-order valence-electron chi connectivity index (χ2n) is 7.00. The lowest BCUT2D eigenvalue weighted by Crippen LogP contribution is -2.32. The number of fused-ring (bicyclic) bond motifs is 1. The van der Waals surface area contributed by atoms with Gasteiger partial charge in [0.2, 0.25) is 0 Å². The molecule has 0 aliphatic carbocycles. The fraction of sp³-hybridized carbons (Fsp3) is 0.217. The van der Waals surface area contributed by atoms with Crippen LogP contribution in [0.3, 0.4) is 0 Å². The van der Waals surface area contributed by atoms with Gasteiger partial charge in [-0.3, -0.25) is 14.7 Å². The van der Waals surface area contributed by atoms with Gasteiger partial charge in [0, 0.05) is 18.0 Å². The number of aromatic nitrogens is 1. The molecule has 0 bridgehead atoms. The van der Waals surface area contributed by atoms with Crippen LogP contribution in [0.15, 0.2) is 54.7 Å². The molecule has 148 valence electrons. The zero-order valence-corrected chi connectivity index (χ0v) is 16.9. The number of amides is 1. The Morgan fingerprint density at radius 1 is 1.00 bits per heavy atom. The molecular formula is C23H23N3O3. The van der Waals surface area contributed by atoms with E-state index in [2.05, 4.69) is 36.3 Å². The van der Waals surface area contributed by atoms with Gasteiger partial charge in [0.15, 0.2) is 6.17 Å². The molecule has 1 N–H and O–H groups in total. The molecule has 6 nitrogen and oxygen atoms in total. The van der Waals surface area contributed by atoms with E-state index in [4.69, 9.17) is 9.47 Å². The van der Waals surface area contributed by atoms with E-state index in [0.717, 1.165) is 5.69 Å². The van der Waals surface area contributed by atoms with Crippen molar-refractivity contribution in [3.8, 4) is 11.5 Å². The number of hydrogen-bond donors (Lipinski definition) is 1. The lowest BCUT2D eigenvalue weighted by atomic mass is 10.1. The van der Waals surface area contributed by atoms with Crippen molar-refractivity contribution in [2.45, 2.75) is 20.0 Å². The Labute approximate surface area is 170 Å². The fourth-order valence-corrected chi connectivity index (χ4v) is 3.54. The summed E-state index contributed by atoms with van der Waals surface area (Å²) >= 11 is 0. The van der Waals surface area contributed by atoms with Gasteiger partial charge in [0.05, 0.1) is 31.2 Å². The number of carbonyl (C=O) groups excluding carboxylic acids is 1. The molecule has 29 heavy (non-hydrogen) atoms. The normalized spacial score (nSPS) is 15.2. The highest BCUT2D eigenvalue weighted by molar-refractivity contribution is 6.11. The summed E-state index contributed by atoms with van der Waals surface area (Å²) < 4.78 is 10.9. The molecule has 0 radical (unpaired) electrons. The van der Waals surface area contributed by atoms with Crippen LogP contribution in [-0.2, 0) is 0 Å². The van der Waals surface area contributed by atoms with Crippen LogP contribution in [0.4, 0.5) is 11.4 Å². The predicted molar refractivity (Wildman–Crippen MR) is 113 cm³/mol. The Morgan fingerprint density at radius 2 is 1.83 bits per heavy atom. The molecule has 1 aromatic heterocycles. The summed E-state index contributed by atoms with van der Waals surface area (Å²) in [5, 5.41) is 3.48. The highest BCUT2D eigenvalue weighted by atomic mass is 16.5. The number of nitrogens with one attached hydrogen (secondary N) is 1. The number of anilines is 2. The lowest BCUT2D eigenvalue weighted by Gasteiger charge is -2.28. The van der Waals surface area contributed by atoms with Crippen molar-refractivity contribution in [1.82, 2.24) is 4.98 Å². The van der Waals surface area contributed by atoms with Gasteiger partial charge in [0.25, 0.3) is 5.91 Å². The number of nitrogens with zero attached hydrogens (tertiary/aromatic N) is 2. The first-order valence-electron chi connectivity index (χ1n) is 9.37. The summed E-state index contributed by atoms with van der Waals surface area (Å²) in [5.74, 6) is 1.09. The van der Waals surface area contributed by atoms with Crippen molar-refractivity contribution in [1.29, 1.82) is 0 Å². The fourth-order valence-electron chi connectivity index (χ4n) is 3.54. The Bertz CT molecular complexity index is 1080. The summed E-state index contributed by atoms with van der Waals surface area (Å²) in [6.45, 7) is 4.14. The van der Waals surface area contributed by atoms with E-state index in [1.807, 2.05) is 6.07 Å². The summed E-state index contributed by atoms with van der Waals surface area (Å²) in [6, 6.07) is 15.1. The first-order chi connectivity index (χ1) is 14.0. The van der Waals surface area contributed by atoms with Crippen LogP contribution in [0.25, 0.3) is 0 Å². The number of aryl methyl sites for hydroxylation is 2. The Balaban J connectivity index is 1.83. The van der Waals surface area contributed by atoms with Gasteiger partial charge in [0.1, 0.15) is 11.5 Å². The molecule has 0 spiro atoms. The number of pyridine rings is 1. The topological polar surface area (TPSA) is 63.7 Å². The molecule has 1 aliphatic rings. The summed E-state index contributed by atoms with van der Waals surface area (Å²) in [4.78, 5) is 19.5. The maximum Gasteiger partial charge on any atom is 0.262 e. The highest BCUT2D eigenvalue weighted by Crippen LogP contribution is 2.42. The predicted octanol–water partition coefficient (Wildman–Crippen LogP) is 4.49. The maximum atomic E-state index is 13.3. The van der Waals surface area contributed by atoms with Crippen molar-refractivity contribution in [2.24, 2.45) is 0 Å². The van der Waals surface area contributed by atoms with Crippen LogP contribution < -0.4 is 19.7 Å². The molecule has 1 atom stereocenters. The van der Waals surface area contributed by atoms with E-state index in [0.29, 0.717) is 28.4 Å². The molecule has 2 heterocycles. The van der Waals surface area contributed by atoms with Crippen molar-refractivity contribution >= 4 is 17.3 Å². The third-order valence-electron chi connectivity index (χ3n) is 5.26. The average Bonchev–Trinajstić information content (AvgIpc) is 3.02. The van der Waals surface area contributed by atoms with Gasteiger partial charge >= 0.3 is 0 Å². The molecule has 4 rings (SSSR count). The van der Waals surface area contributed by atoms with Crippen LogP contribution in [0.5, 0.6) is 11.5 Å². The number of methoxy groups -OCH3 is 2. The number of hydrogen-bond acceptors (Lipinski definition) is 5. The second kappa shape index (κ2) is 7.47. The quantitative estimate of drug-likeness (QED) is 0.697. The van der Waals surface area contributed by atoms with E-state index in [9.17, 15) is 4.79 Å². The van der Waals surface area contributed by atoms with Crippen LogP contribution in [0, 0.1) is 13.8 Å². The smallest absolute Gasteiger partial charge is 0.262 e. The average molecular weight is 389 g/mol. The Hall–Kier alpha value is -3.54. The summed E-state index contributed by atoms with van der Waals surface area (Å²) in [5.41, 5.74) is 5.17. The standard InChI is InChI=1S/C23H23N3O3/c1-14-7-8-16(12-15(14)2)25-22-21-18(6-5-11-24-21)23(27)26(22)19-13-17(28-3)9-10-20(19)29-4/h5-13,22,25H,1-4H3/t22-/m1/s1. The number of carbonyl (C=O) groups is 1. The van der Waals surface area contributed by atoms with E-state index in [1.165, 1.54) is 11.1 Å². The maximum absolute atomic E-state index is 13.3. The minimum Gasteiger partial charge on any atom is -0.497 e. The van der Waals surface area contributed by atoms with Crippen LogP contribution in [0.2, 0.25) is 0 Å².